The molecule has 0 aromatic heterocycles. The Labute approximate surface area is 167 Å². The second-order valence-corrected chi connectivity index (χ2v) is 8.99. The van der Waals surface area contributed by atoms with Crippen molar-refractivity contribution in [3.63, 3.8) is 0 Å². The van der Waals surface area contributed by atoms with Crippen molar-refractivity contribution in [2.45, 2.75) is 43.5 Å². The molecule has 0 saturated carbocycles. The van der Waals surface area contributed by atoms with E-state index in [1.807, 2.05) is 6.92 Å². The maximum Gasteiger partial charge on any atom is 0.330 e. The summed E-state index contributed by atoms with van der Waals surface area (Å²) in [6, 6.07) is 6.13. The number of rotatable bonds is 5. The van der Waals surface area contributed by atoms with Crippen LogP contribution in [-0.2, 0) is 19.1 Å². The van der Waals surface area contributed by atoms with Crippen molar-refractivity contribution >= 4 is 41.0 Å². The van der Waals surface area contributed by atoms with E-state index >= 15 is 0 Å². The summed E-state index contributed by atoms with van der Waals surface area (Å²) in [7, 11) is 0. The Morgan fingerprint density at radius 3 is 2.61 bits per heavy atom. The number of Topliss-reactive ketones (excluding diaryl/α,β-unsaturated/α-hetero) is 1. The zero-order valence-electron chi connectivity index (χ0n) is 15.7. The van der Waals surface area contributed by atoms with Crippen LogP contribution in [0, 0.1) is 0 Å². The van der Waals surface area contributed by atoms with Gasteiger partial charge in [0.1, 0.15) is 6.04 Å². The Morgan fingerprint density at radius 2 is 1.93 bits per heavy atom. The number of carbonyl (C=O) groups is 4. The van der Waals surface area contributed by atoms with Gasteiger partial charge in [-0.2, -0.15) is 0 Å². The fourth-order valence-electron chi connectivity index (χ4n) is 4.06. The highest BCUT2D eigenvalue weighted by atomic mass is 32.2. The Kier molecular flexibility index (Phi) is 4.91. The normalized spacial score (nSPS) is 26.7. The minimum atomic E-state index is -0.624. The summed E-state index contributed by atoms with van der Waals surface area (Å²) in [6.07, 6.45) is 2.56. The van der Waals surface area contributed by atoms with Gasteiger partial charge < -0.3 is 14.5 Å². The lowest BCUT2D eigenvalue weighted by atomic mass is 10.1. The number of amides is 2. The molecule has 0 N–H and O–H groups in total. The molecule has 3 saturated heterocycles. The standard InChI is InChI=1S/C20H22N2O5S/c1-20-9-8-18(25)22(20)15(12-28-20)19(26)27-11-16(23)13-4-6-14(7-5-13)21-10-2-3-17(21)24/h4-7,15H,2-3,8-12H2,1H3/t15-,20+/m1/s1. The van der Waals surface area contributed by atoms with Gasteiger partial charge >= 0.3 is 5.97 Å². The third-order valence-electron chi connectivity index (χ3n) is 5.64. The van der Waals surface area contributed by atoms with Gasteiger partial charge in [-0.1, -0.05) is 0 Å². The number of esters is 1. The quantitative estimate of drug-likeness (QED) is 0.553. The van der Waals surface area contributed by atoms with E-state index in [4.69, 9.17) is 4.74 Å². The highest BCUT2D eigenvalue weighted by Crippen LogP contribution is 2.47. The van der Waals surface area contributed by atoms with Crippen molar-refractivity contribution in [1.82, 2.24) is 4.90 Å². The van der Waals surface area contributed by atoms with Gasteiger partial charge in [0.15, 0.2) is 12.4 Å². The Morgan fingerprint density at radius 1 is 1.18 bits per heavy atom. The van der Waals surface area contributed by atoms with Crippen molar-refractivity contribution in [3.05, 3.63) is 29.8 Å². The van der Waals surface area contributed by atoms with Crippen molar-refractivity contribution in [1.29, 1.82) is 0 Å². The molecule has 3 aliphatic heterocycles. The van der Waals surface area contributed by atoms with E-state index in [1.165, 1.54) is 0 Å². The molecule has 3 fully saturated rings. The van der Waals surface area contributed by atoms with Crippen LogP contribution in [0.2, 0.25) is 0 Å². The lowest BCUT2D eigenvalue weighted by Crippen LogP contribution is -2.46. The number of ether oxygens (including phenoxy) is 1. The average molecular weight is 402 g/mol. The van der Waals surface area contributed by atoms with Gasteiger partial charge in [0.05, 0.1) is 4.87 Å². The molecule has 0 aliphatic carbocycles. The zero-order valence-corrected chi connectivity index (χ0v) is 16.5. The summed E-state index contributed by atoms with van der Waals surface area (Å²) in [5, 5.41) is 0. The van der Waals surface area contributed by atoms with Crippen molar-refractivity contribution in [2.24, 2.45) is 0 Å². The number of thioether (sulfide) groups is 1. The van der Waals surface area contributed by atoms with Crippen LogP contribution in [0.25, 0.3) is 0 Å². The van der Waals surface area contributed by atoms with Crippen LogP contribution in [-0.4, -0.2) is 58.3 Å². The van der Waals surface area contributed by atoms with Crippen LogP contribution in [0.4, 0.5) is 5.69 Å². The molecule has 8 heteroatoms. The minimum Gasteiger partial charge on any atom is -0.456 e. The third-order valence-corrected chi connectivity index (χ3v) is 7.14. The SMILES string of the molecule is C[C@]12CCC(=O)N1[C@@H](C(=O)OCC(=O)c1ccc(N3CCCC3=O)cc1)CS2. The topological polar surface area (TPSA) is 84.0 Å². The number of nitrogens with zero attached hydrogens (tertiary/aromatic N) is 2. The van der Waals surface area contributed by atoms with Gasteiger partial charge in [-0.25, -0.2) is 4.79 Å². The molecule has 1 aromatic carbocycles. The lowest BCUT2D eigenvalue weighted by molar-refractivity contribution is -0.152. The first-order valence-electron chi connectivity index (χ1n) is 9.45. The zero-order chi connectivity index (χ0) is 19.9. The molecule has 3 aliphatic rings. The molecule has 0 spiro atoms. The van der Waals surface area contributed by atoms with E-state index in [1.54, 1.807) is 45.8 Å². The summed E-state index contributed by atoms with van der Waals surface area (Å²) < 4.78 is 5.23. The molecule has 3 heterocycles. The first kappa shape index (κ1) is 19.0. The molecule has 1 aromatic rings. The Hall–Kier alpha value is -2.35. The lowest BCUT2D eigenvalue weighted by Gasteiger charge is -2.29. The first-order valence-corrected chi connectivity index (χ1v) is 10.4. The van der Waals surface area contributed by atoms with E-state index in [0.29, 0.717) is 30.7 Å². The fourth-order valence-corrected chi connectivity index (χ4v) is 5.48. The van der Waals surface area contributed by atoms with E-state index in [2.05, 4.69) is 0 Å². The molecule has 4 rings (SSSR count). The molecule has 2 amide bonds. The van der Waals surface area contributed by atoms with Gasteiger partial charge in [-0.3, -0.25) is 14.4 Å². The summed E-state index contributed by atoms with van der Waals surface area (Å²) in [4.78, 5) is 51.7. The van der Waals surface area contributed by atoms with Crippen molar-refractivity contribution in [3.8, 4) is 0 Å². The second kappa shape index (κ2) is 7.24. The van der Waals surface area contributed by atoms with Crippen LogP contribution in [0.1, 0.15) is 43.0 Å². The summed E-state index contributed by atoms with van der Waals surface area (Å²) in [5.41, 5.74) is 1.19. The summed E-state index contributed by atoms with van der Waals surface area (Å²) >= 11 is 1.59. The number of ketones is 1. The third kappa shape index (κ3) is 3.30. The number of hydrogen-bond acceptors (Lipinski definition) is 6. The van der Waals surface area contributed by atoms with Crippen LogP contribution in [0.15, 0.2) is 24.3 Å². The molecule has 28 heavy (non-hydrogen) atoms. The van der Waals surface area contributed by atoms with Gasteiger partial charge in [0.25, 0.3) is 0 Å². The van der Waals surface area contributed by atoms with Crippen LogP contribution < -0.4 is 4.90 Å². The maximum atomic E-state index is 12.4. The number of hydrogen-bond donors (Lipinski definition) is 0. The summed E-state index contributed by atoms with van der Waals surface area (Å²) in [5.74, 6) is -0.292. The molecule has 148 valence electrons. The summed E-state index contributed by atoms with van der Waals surface area (Å²) in [6.45, 7) is 2.30. The molecular weight excluding hydrogens is 380 g/mol. The van der Waals surface area contributed by atoms with E-state index in [-0.39, 0.29) is 29.1 Å². The molecule has 7 nitrogen and oxygen atoms in total. The highest BCUT2D eigenvalue weighted by molar-refractivity contribution is 8.01. The predicted molar refractivity (Wildman–Crippen MR) is 104 cm³/mol. The molecule has 0 unspecified atom stereocenters. The molecule has 2 atom stereocenters. The maximum absolute atomic E-state index is 12.4. The van der Waals surface area contributed by atoms with Gasteiger partial charge in [0, 0.05) is 36.4 Å². The van der Waals surface area contributed by atoms with Crippen LogP contribution in [0.3, 0.4) is 0 Å². The minimum absolute atomic E-state index is 0.0344. The fraction of sp³-hybridized carbons (Fsp3) is 0.500. The van der Waals surface area contributed by atoms with E-state index in [9.17, 15) is 19.2 Å². The number of fused-ring (bicyclic) bond motifs is 1. The van der Waals surface area contributed by atoms with Crippen molar-refractivity contribution < 1.29 is 23.9 Å². The molecular formula is C20H22N2O5S. The molecule has 0 bridgehead atoms. The van der Waals surface area contributed by atoms with Crippen LogP contribution >= 0.6 is 11.8 Å². The van der Waals surface area contributed by atoms with Gasteiger partial charge in [-0.15, -0.1) is 11.8 Å². The number of benzene rings is 1. The first-order chi connectivity index (χ1) is 13.4. The smallest absolute Gasteiger partial charge is 0.330 e. The van der Waals surface area contributed by atoms with Gasteiger partial charge in [0.2, 0.25) is 11.8 Å². The number of carbonyl (C=O) groups excluding carboxylic acids is 4. The predicted octanol–water partition coefficient (Wildman–Crippen LogP) is 1.99. The largest absolute Gasteiger partial charge is 0.456 e. The van der Waals surface area contributed by atoms with E-state index < -0.39 is 12.0 Å². The highest BCUT2D eigenvalue weighted by Gasteiger charge is 2.53. The Bertz CT molecular complexity index is 840. The number of anilines is 1. The van der Waals surface area contributed by atoms with Gasteiger partial charge in [-0.05, 0) is 44.0 Å². The van der Waals surface area contributed by atoms with Crippen molar-refractivity contribution in [2.75, 3.05) is 23.8 Å². The average Bonchev–Trinajstić information content (AvgIpc) is 3.35. The second-order valence-electron chi connectivity index (χ2n) is 7.49. The van der Waals surface area contributed by atoms with E-state index in [0.717, 1.165) is 18.5 Å². The van der Waals surface area contributed by atoms with Crippen LogP contribution in [0.5, 0.6) is 0 Å². The molecule has 0 radical (unpaired) electrons. The monoisotopic (exact) mass is 402 g/mol. The Balaban J connectivity index is 1.35.